The molecule has 0 saturated heterocycles. The van der Waals surface area contributed by atoms with Crippen molar-refractivity contribution in [1.29, 1.82) is 0 Å². The summed E-state index contributed by atoms with van der Waals surface area (Å²) in [6.07, 6.45) is 0. The molecule has 0 fully saturated rings. The molecule has 90 valence electrons. The van der Waals surface area contributed by atoms with Gasteiger partial charge in [-0.1, -0.05) is 12.1 Å². The predicted octanol–water partition coefficient (Wildman–Crippen LogP) is 3.58. The monoisotopic (exact) mass is 233 g/mol. The Bertz CT molecular complexity index is 492. The van der Waals surface area contributed by atoms with Crippen LogP contribution in [0.1, 0.15) is 30.0 Å². The minimum absolute atomic E-state index is 0.118. The van der Waals surface area contributed by atoms with Gasteiger partial charge in [0.1, 0.15) is 17.3 Å². The number of furan rings is 1. The van der Waals surface area contributed by atoms with Crippen LogP contribution in [0, 0.1) is 12.7 Å². The molecule has 17 heavy (non-hydrogen) atoms. The van der Waals surface area contributed by atoms with Crippen LogP contribution < -0.4 is 5.32 Å². The lowest BCUT2D eigenvalue weighted by molar-refractivity contribution is 0.415. The molecular formula is C14H16FNO. The van der Waals surface area contributed by atoms with Crippen LogP contribution in [0.2, 0.25) is 0 Å². The Morgan fingerprint density at radius 3 is 2.76 bits per heavy atom. The smallest absolute Gasteiger partial charge is 0.123 e. The number of benzene rings is 1. The van der Waals surface area contributed by atoms with Crippen LogP contribution in [0.25, 0.3) is 0 Å². The molecule has 1 heterocycles. The molecule has 0 amide bonds. The Kier molecular flexibility index (Phi) is 3.59. The second-order valence-corrected chi connectivity index (χ2v) is 4.18. The van der Waals surface area contributed by atoms with Gasteiger partial charge in [0.05, 0.1) is 6.04 Å². The lowest BCUT2D eigenvalue weighted by atomic mass is 10.2. The first-order valence-corrected chi connectivity index (χ1v) is 5.69. The Morgan fingerprint density at radius 2 is 2.12 bits per heavy atom. The summed E-state index contributed by atoms with van der Waals surface area (Å²) < 4.78 is 18.5. The first-order valence-electron chi connectivity index (χ1n) is 5.69. The van der Waals surface area contributed by atoms with Gasteiger partial charge in [-0.3, -0.25) is 0 Å². The first-order chi connectivity index (χ1) is 8.15. The maximum atomic E-state index is 13.0. The van der Waals surface area contributed by atoms with E-state index in [0.717, 1.165) is 17.1 Å². The van der Waals surface area contributed by atoms with Crippen molar-refractivity contribution < 1.29 is 8.81 Å². The third-order valence-electron chi connectivity index (χ3n) is 2.69. The summed E-state index contributed by atoms with van der Waals surface area (Å²) in [6.45, 7) is 4.57. The summed E-state index contributed by atoms with van der Waals surface area (Å²) in [6, 6.07) is 10.6. The van der Waals surface area contributed by atoms with Crippen molar-refractivity contribution in [2.75, 3.05) is 0 Å². The van der Waals surface area contributed by atoms with Crippen molar-refractivity contribution in [3.63, 3.8) is 0 Å². The molecule has 2 aromatic rings. The fraction of sp³-hybridized carbons (Fsp3) is 0.286. The van der Waals surface area contributed by atoms with E-state index < -0.39 is 0 Å². The molecule has 0 aliphatic carbocycles. The van der Waals surface area contributed by atoms with Crippen molar-refractivity contribution in [2.45, 2.75) is 26.4 Å². The van der Waals surface area contributed by atoms with Gasteiger partial charge >= 0.3 is 0 Å². The van der Waals surface area contributed by atoms with Crippen molar-refractivity contribution >= 4 is 0 Å². The number of aryl methyl sites for hydroxylation is 1. The van der Waals surface area contributed by atoms with Crippen LogP contribution >= 0.6 is 0 Å². The number of nitrogens with one attached hydrogen (secondary N) is 1. The molecule has 0 aliphatic rings. The molecule has 1 N–H and O–H groups in total. The van der Waals surface area contributed by atoms with Crippen LogP contribution in [-0.2, 0) is 6.54 Å². The van der Waals surface area contributed by atoms with Crippen molar-refractivity contribution in [1.82, 2.24) is 5.32 Å². The van der Waals surface area contributed by atoms with Gasteiger partial charge < -0.3 is 9.73 Å². The van der Waals surface area contributed by atoms with Gasteiger partial charge in [-0.2, -0.15) is 0 Å². The highest BCUT2D eigenvalue weighted by molar-refractivity contribution is 5.16. The highest BCUT2D eigenvalue weighted by Crippen LogP contribution is 2.16. The SMILES string of the molecule is Cc1ccc(C(C)NCc2cccc(F)c2)o1. The third kappa shape index (κ3) is 3.17. The highest BCUT2D eigenvalue weighted by Gasteiger charge is 2.08. The standard InChI is InChI=1S/C14H16FNO/c1-10-6-7-14(17-10)11(2)16-9-12-4-3-5-13(15)8-12/h3-8,11,16H,9H2,1-2H3. The molecule has 1 unspecified atom stereocenters. The van der Waals surface area contributed by atoms with Gasteiger partial charge in [-0.15, -0.1) is 0 Å². The van der Waals surface area contributed by atoms with Gasteiger partial charge in [-0.05, 0) is 43.7 Å². The van der Waals surface area contributed by atoms with E-state index in [1.807, 2.05) is 32.0 Å². The van der Waals surface area contributed by atoms with Gasteiger partial charge in [-0.25, -0.2) is 4.39 Å². The van der Waals surface area contributed by atoms with Gasteiger partial charge in [0.2, 0.25) is 0 Å². The first kappa shape index (κ1) is 11.9. The molecule has 1 aromatic carbocycles. The van der Waals surface area contributed by atoms with E-state index in [9.17, 15) is 4.39 Å². The Morgan fingerprint density at radius 1 is 1.29 bits per heavy atom. The van der Waals surface area contributed by atoms with Crippen molar-refractivity contribution in [2.24, 2.45) is 0 Å². The molecule has 0 spiro atoms. The highest BCUT2D eigenvalue weighted by atomic mass is 19.1. The minimum Gasteiger partial charge on any atom is -0.465 e. The maximum absolute atomic E-state index is 13.0. The summed E-state index contributed by atoms with van der Waals surface area (Å²) in [5, 5.41) is 3.30. The molecule has 0 bridgehead atoms. The van der Waals surface area contributed by atoms with Crippen LogP contribution in [0.15, 0.2) is 40.8 Å². The summed E-state index contributed by atoms with van der Waals surface area (Å²) in [7, 11) is 0. The summed E-state index contributed by atoms with van der Waals surface area (Å²) in [5.41, 5.74) is 0.931. The van der Waals surface area contributed by atoms with E-state index in [-0.39, 0.29) is 11.9 Å². The van der Waals surface area contributed by atoms with Crippen molar-refractivity contribution in [3.8, 4) is 0 Å². The third-order valence-corrected chi connectivity index (χ3v) is 2.69. The van der Waals surface area contributed by atoms with Gasteiger partial charge in [0.15, 0.2) is 0 Å². The molecule has 2 nitrogen and oxygen atoms in total. The number of rotatable bonds is 4. The van der Waals surface area contributed by atoms with E-state index in [1.54, 1.807) is 6.07 Å². The normalized spacial score (nSPS) is 12.6. The van der Waals surface area contributed by atoms with Crippen LogP contribution in [0.3, 0.4) is 0 Å². The molecular weight excluding hydrogens is 217 g/mol. The quantitative estimate of drug-likeness (QED) is 0.873. The predicted molar refractivity (Wildman–Crippen MR) is 65.1 cm³/mol. The van der Waals surface area contributed by atoms with Crippen LogP contribution in [0.5, 0.6) is 0 Å². The molecule has 3 heteroatoms. The lowest BCUT2D eigenvalue weighted by Gasteiger charge is -2.11. The number of halogens is 1. The molecule has 0 radical (unpaired) electrons. The second-order valence-electron chi connectivity index (χ2n) is 4.18. The van der Waals surface area contributed by atoms with E-state index in [2.05, 4.69) is 5.32 Å². The van der Waals surface area contributed by atoms with Crippen LogP contribution in [0.4, 0.5) is 4.39 Å². The lowest BCUT2D eigenvalue weighted by Crippen LogP contribution is -2.17. The summed E-state index contributed by atoms with van der Waals surface area (Å²) in [5.74, 6) is 1.60. The average Bonchev–Trinajstić information content (AvgIpc) is 2.73. The molecule has 0 aliphatic heterocycles. The van der Waals surface area contributed by atoms with E-state index >= 15 is 0 Å². The molecule has 0 saturated carbocycles. The fourth-order valence-electron chi connectivity index (χ4n) is 1.70. The zero-order valence-electron chi connectivity index (χ0n) is 10.0. The largest absolute Gasteiger partial charge is 0.465 e. The van der Waals surface area contributed by atoms with E-state index in [0.29, 0.717) is 6.54 Å². The fourth-order valence-corrected chi connectivity index (χ4v) is 1.70. The zero-order chi connectivity index (χ0) is 12.3. The molecule has 1 aromatic heterocycles. The van der Waals surface area contributed by atoms with Crippen molar-refractivity contribution in [3.05, 3.63) is 59.3 Å². The Labute approximate surface area is 100 Å². The Balaban J connectivity index is 1.94. The number of hydrogen-bond acceptors (Lipinski definition) is 2. The summed E-state index contributed by atoms with van der Waals surface area (Å²) >= 11 is 0. The minimum atomic E-state index is -0.203. The van der Waals surface area contributed by atoms with Gasteiger partial charge in [0.25, 0.3) is 0 Å². The van der Waals surface area contributed by atoms with E-state index in [1.165, 1.54) is 12.1 Å². The Hall–Kier alpha value is -1.61. The average molecular weight is 233 g/mol. The van der Waals surface area contributed by atoms with Crippen LogP contribution in [-0.4, -0.2) is 0 Å². The van der Waals surface area contributed by atoms with Gasteiger partial charge in [0, 0.05) is 6.54 Å². The molecule has 1 atom stereocenters. The van der Waals surface area contributed by atoms with E-state index in [4.69, 9.17) is 4.42 Å². The maximum Gasteiger partial charge on any atom is 0.123 e. The second kappa shape index (κ2) is 5.15. The summed E-state index contributed by atoms with van der Waals surface area (Å²) in [4.78, 5) is 0. The molecule has 2 rings (SSSR count). The zero-order valence-corrected chi connectivity index (χ0v) is 10.0. The topological polar surface area (TPSA) is 25.2 Å². The number of hydrogen-bond donors (Lipinski definition) is 1.